The van der Waals surface area contributed by atoms with E-state index in [9.17, 15) is 0 Å². The molecule has 0 radical (unpaired) electrons. The van der Waals surface area contributed by atoms with Gasteiger partial charge in [0.1, 0.15) is 0 Å². The van der Waals surface area contributed by atoms with E-state index in [-0.39, 0.29) is 0 Å². The maximum atomic E-state index is 4.32. The average Bonchev–Trinajstić information content (AvgIpc) is 2.70. The number of benzene rings is 3. The molecule has 0 unspecified atom stereocenters. The minimum absolute atomic E-state index is 0.810. The molecule has 130 valence electrons. The molecule has 0 saturated heterocycles. The second kappa shape index (κ2) is 8.98. The van der Waals surface area contributed by atoms with E-state index in [0.29, 0.717) is 0 Å². The lowest BCUT2D eigenvalue weighted by molar-refractivity contribution is 0.337. The van der Waals surface area contributed by atoms with E-state index in [1.807, 2.05) is 12.1 Å². The van der Waals surface area contributed by atoms with Gasteiger partial charge < -0.3 is 0 Å². The molecule has 1 heteroatoms. The molecule has 26 heavy (non-hydrogen) atoms. The zero-order valence-electron chi connectivity index (χ0n) is 15.1. The number of hydrogen-bond acceptors (Lipinski definition) is 1. The van der Waals surface area contributed by atoms with Crippen molar-refractivity contribution in [2.24, 2.45) is 0 Å². The molecule has 0 heterocycles. The quantitative estimate of drug-likeness (QED) is 0.493. The summed E-state index contributed by atoms with van der Waals surface area (Å²) >= 11 is 0. The Labute approximate surface area is 156 Å². The highest BCUT2D eigenvalue weighted by molar-refractivity contribution is 5.67. The lowest BCUT2D eigenvalue weighted by atomic mass is 10.0. The van der Waals surface area contributed by atoms with Crippen LogP contribution in [0.25, 0.3) is 11.1 Å². The fourth-order valence-corrected chi connectivity index (χ4v) is 3.08. The molecule has 3 aromatic carbocycles. The van der Waals surface area contributed by atoms with Gasteiger partial charge >= 0.3 is 0 Å². The summed E-state index contributed by atoms with van der Waals surface area (Å²) in [5, 5.41) is 0. The Balaban J connectivity index is 1.75. The number of rotatable bonds is 8. The summed E-state index contributed by atoms with van der Waals surface area (Å²) < 4.78 is 0. The number of nitrogens with zero attached hydrogens (tertiary/aromatic N) is 1. The molecule has 0 aliphatic carbocycles. The van der Waals surface area contributed by atoms with Gasteiger partial charge in [0.2, 0.25) is 0 Å². The van der Waals surface area contributed by atoms with Gasteiger partial charge in [-0.1, -0.05) is 104 Å². The highest BCUT2D eigenvalue weighted by atomic mass is 15.1. The molecule has 0 atom stereocenters. The summed E-state index contributed by atoms with van der Waals surface area (Å²) in [5.74, 6) is 0. The van der Waals surface area contributed by atoms with Crippen LogP contribution < -0.4 is 0 Å². The second-order valence-corrected chi connectivity index (χ2v) is 6.57. The van der Waals surface area contributed by atoms with Crippen LogP contribution in [-0.2, 0) is 6.54 Å². The Morgan fingerprint density at radius 2 is 0.962 bits per heavy atom. The molecule has 3 aromatic rings. The fourth-order valence-electron chi connectivity index (χ4n) is 3.08. The van der Waals surface area contributed by atoms with E-state index in [0.717, 1.165) is 30.8 Å². The van der Waals surface area contributed by atoms with Gasteiger partial charge in [0.05, 0.1) is 0 Å². The standard InChI is InChI=1S/C25H25N/c1-21(24-14-8-4-9-15-24)18-26(20-23-12-6-3-7-13-23)19-22(2)25-16-10-5-11-17-25/h3-17H,1-2,18-20H2. The van der Waals surface area contributed by atoms with E-state index in [2.05, 4.69) is 96.9 Å². The van der Waals surface area contributed by atoms with Gasteiger partial charge in [0.15, 0.2) is 0 Å². The van der Waals surface area contributed by atoms with Gasteiger partial charge in [0, 0.05) is 19.6 Å². The molecule has 0 aromatic heterocycles. The second-order valence-electron chi connectivity index (χ2n) is 6.57. The molecule has 0 amide bonds. The van der Waals surface area contributed by atoms with E-state index in [1.165, 1.54) is 16.7 Å². The van der Waals surface area contributed by atoms with Crippen LogP contribution in [0.5, 0.6) is 0 Å². The summed E-state index contributed by atoms with van der Waals surface area (Å²) in [6, 6.07) is 31.4. The monoisotopic (exact) mass is 339 g/mol. The normalized spacial score (nSPS) is 10.7. The molecule has 0 aliphatic heterocycles. The fraction of sp³-hybridized carbons (Fsp3) is 0.120. The van der Waals surface area contributed by atoms with Crippen molar-refractivity contribution in [2.45, 2.75) is 6.54 Å². The predicted octanol–water partition coefficient (Wildman–Crippen LogP) is 5.92. The van der Waals surface area contributed by atoms with Crippen LogP contribution in [0, 0.1) is 0 Å². The largest absolute Gasteiger partial charge is 0.291 e. The summed E-state index contributed by atoms with van der Waals surface area (Å²) in [5.41, 5.74) is 5.94. The zero-order chi connectivity index (χ0) is 18.2. The van der Waals surface area contributed by atoms with Crippen molar-refractivity contribution in [2.75, 3.05) is 13.1 Å². The van der Waals surface area contributed by atoms with Crippen molar-refractivity contribution in [3.05, 3.63) is 121 Å². The Bertz CT molecular complexity index is 782. The third-order valence-corrected chi connectivity index (χ3v) is 4.44. The SMILES string of the molecule is C=C(CN(CC(=C)c1ccccc1)Cc1ccccc1)c1ccccc1. The third kappa shape index (κ3) is 5.05. The first-order chi connectivity index (χ1) is 12.7. The maximum Gasteiger partial charge on any atom is 0.0240 e. The summed E-state index contributed by atoms with van der Waals surface area (Å²) in [6.45, 7) is 11.1. The average molecular weight is 339 g/mol. The van der Waals surface area contributed by atoms with Crippen LogP contribution in [0.2, 0.25) is 0 Å². The van der Waals surface area contributed by atoms with Crippen molar-refractivity contribution in [3.8, 4) is 0 Å². The van der Waals surface area contributed by atoms with E-state index < -0.39 is 0 Å². The Morgan fingerprint density at radius 1 is 0.577 bits per heavy atom. The Hall–Kier alpha value is -2.90. The van der Waals surface area contributed by atoms with Crippen LogP contribution >= 0.6 is 0 Å². The van der Waals surface area contributed by atoms with Gasteiger partial charge in [-0.05, 0) is 27.8 Å². The van der Waals surface area contributed by atoms with Crippen molar-refractivity contribution in [3.63, 3.8) is 0 Å². The van der Waals surface area contributed by atoms with Crippen LogP contribution in [0.1, 0.15) is 16.7 Å². The van der Waals surface area contributed by atoms with Crippen molar-refractivity contribution in [1.82, 2.24) is 4.90 Å². The van der Waals surface area contributed by atoms with Crippen molar-refractivity contribution >= 4 is 11.1 Å². The number of hydrogen-bond donors (Lipinski definition) is 0. The summed E-state index contributed by atoms with van der Waals surface area (Å²) in [6.07, 6.45) is 0. The van der Waals surface area contributed by atoms with Gasteiger partial charge in [-0.2, -0.15) is 0 Å². The van der Waals surface area contributed by atoms with E-state index in [4.69, 9.17) is 0 Å². The first kappa shape index (κ1) is 17.9. The lowest BCUT2D eigenvalue weighted by Crippen LogP contribution is -2.26. The summed E-state index contributed by atoms with van der Waals surface area (Å²) in [4.78, 5) is 2.40. The van der Waals surface area contributed by atoms with Gasteiger partial charge in [-0.3, -0.25) is 4.90 Å². The maximum absolute atomic E-state index is 4.32. The van der Waals surface area contributed by atoms with Crippen LogP contribution in [-0.4, -0.2) is 18.0 Å². The van der Waals surface area contributed by atoms with Gasteiger partial charge in [-0.15, -0.1) is 0 Å². The van der Waals surface area contributed by atoms with E-state index in [1.54, 1.807) is 0 Å². The molecule has 0 aliphatic rings. The van der Waals surface area contributed by atoms with Crippen molar-refractivity contribution in [1.29, 1.82) is 0 Å². The molecule has 3 rings (SSSR count). The first-order valence-electron chi connectivity index (χ1n) is 8.95. The van der Waals surface area contributed by atoms with Crippen LogP contribution in [0.15, 0.2) is 104 Å². The molecule has 1 nitrogen and oxygen atoms in total. The van der Waals surface area contributed by atoms with Crippen molar-refractivity contribution < 1.29 is 0 Å². The smallest absolute Gasteiger partial charge is 0.0240 e. The Morgan fingerprint density at radius 3 is 1.38 bits per heavy atom. The molecule has 0 fully saturated rings. The van der Waals surface area contributed by atoms with Crippen LogP contribution in [0.3, 0.4) is 0 Å². The molecule has 0 N–H and O–H groups in total. The van der Waals surface area contributed by atoms with Gasteiger partial charge in [0.25, 0.3) is 0 Å². The highest BCUT2D eigenvalue weighted by Crippen LogP contribution is 2.19. The Kier molecular flexibility index (Phi) is 6.19. The third-order valence-electron chi connectivity index (χ3n) is 4.44. The molecule has 0 bridgehead atoms. The first-order valence-corrected chi connectivity index (χ1v) is 8.95. The lowest BCUT2D eigenvalue weighted by Gasteiger charge is -2.25. The molecular formula is C25H25N. The topological polar surface area (TPSA) is 3.24 Å². The highest BCUT2D eigenvalue weighted by Gasteiger charge is 2.11. The predicted molar refractivity (Wildman–Crippen MR) is 113 cm³/mol. The molecule has 0 spiro atoms. The van der Waals surface area contributed by atoms with Crippen LogP contribution in [0.4, 0.5) is 0 Å². The van der Waals surface area contributed by atoms with Gasteiger partial charge in [-0.25, -0.2) is 0 Å². The zero-order valence-corrected chi connectivity index (χ0v) is 15.1. The van der Waals surface area contributed by atoms with E-state index >= 15 is 0 Å². The summed E-state index contributed by atoms with van der Waals surface area (Å²) in [7, 11) is 0. The molecular weight excluding hydrogens is 314 g/mol. The molecule has 0 saturated carbocycles. The minimum atomic E-state index is 0.810. The minimum Gasteiger partial charge on any atom is -0.291 e.